The third kappa shape index (κ3) is 2.59. The van der Waals surface area contributed by atoms with Crippen LogP contribution in [0.25, 0.3) is 11.5 Å². The van der Waals surface area contributed by atoms with Gasteiger partial charge in [0.05, 0.1) is 18.5 Å². The molecule has 0 saturated carbocycles. The molecule has 0 aliphatic heterocycles. The summed E-state index contributed by atoms with van der Waals surface area (Å²) in [6, 6.07) is 3.72. The molecule has 1 N–H and O–H groups in total. The van der Waals surface area contributed by atoms with E-state index >= 15 is 0 Å². The summed E-state index contributed by atoms with van der Waals surface area (Å²) in [6.45, 7) is 3.99. The van der Waals surface area contributed by atoms with Gasteiger partial charge in [0.2, 0.25) is 0 Å². The summed E-state index contributed by atoms with van der Waals surface area (Å²) < 4.78 is 5.82. The first-order valence-corrected chi connectivity index (χ1v) is 6.26. The number of carbonyl (C=O) groups excluding carboxylic acids is 1. The van der Waals surface area contributed by atoms with Crippen molar-refractivity contribution in [2.45, 2.75) is 13.8 Å². The number of carbonyl (C=O) groups is 1. The molecule has 0 aliphatic carbocycles. The van der Waals surface area contributed by atoms with Crippen molar-refractivity contribution in [2.75, 3.05) is 6.61 Å². The highest BCUT2D eigenvalue weighted by molar-refractivity contribution is 9.10. The lowest BCUT2D eigenvalue weighted by atomic mass is 10.3. The van der Waals surface area contributed by atoms with Gasteiger partial charge >= 0.3 is 5.97 Å². The number of esters is 1. The molecule has 0 atom stereocenters. The fraction of sp³-hybridized carbons (Fsp3) is 0.250. The molecule has 18 heavy (non-hydrogen) atoms. The van der Waals surface area contributed by atoms with Crippen molar-refractivity contribution in [3.8, 4) is 11.5 Å². The minimum Gasteiger partial charge on any atom is -0.461 e. The molecule has 0 radical (unpaired) electrons. The van der Waals surface area contributed by atoms with Gasteiger partial charge < -0.3 is 9.72 Å². The number of aromatic nitrogens is 3. The summed E-state index contributed by atoms with van der Waals surface area (Å²) in [6.07, 6.45) is 1.45. The number of aromatic amines is 1. The van der Waals surface area contributed by atoms with Crippen LogP contribution < -0.4 is 0 Å². The SMILES string of the molecule is CCOC(=O)c1cnc(-c2ccc(Br)c(C)n2)[nH]1. The Kier molecular flexibility index (Phi) is 3.76. The number of imidazole rings is 1. The normalized spacial score (nSPS) is 10.4. The number of nitrogens with zero attached hydrogens (tertiary/aromatic N) is 2. The Labute approximate surface area is 113 Å². The molecular weight excluding hydrogens is 298 g/mol. The van der Waals surface area contributed by atoms with E-state index in [0.717, 1.165) is 10.2 Å². The number of aryl methyl sites for hydroxylation is 1. The molecule has 94 valence electrons. The Morgan fingerprint density at radius 3 is 2.94 bits per heavy atom. The van der Waals surface area contributed by atoms with E-state index in [2.05, 4.69) is 30.9 Å². The van der Waals surface area contributed by atoms with Gasteiger partial charge in [-0.3, -0.25) is 0 Å². The maximum atomic E-state index is 11.5. The summed E-state index contributed by atoms with van der Waals surface area (Å²) in [7, 11) is 0. The Hall–Kier alpha value is -1.69. The summed E-state index contributed by atoms with van der Waals surface area (Å²) in [5.41, 5.74) is 1.88. The second-order valence-corrected chi connectivity index (χ2v) is 4.48. The highest BCUT2D eigenvalue weighted by Crippen LogP contribution is 2.19. The van der Waals surface area contributed by atoms with E-state index in [1.165, 1.54) is 6.20 Å². The molecule has 2 aromatic heterocycles. The molecule has 2 rings (SSSR count). The number of nitrogens with one attached hydrogen (secondary N) is 1. The van der Waals surface area contributed by atoms with E-state index < -0.39 is 5.97 Å². The minimum absolute atomic E-state index is 0.328. The molecule has 0 amide bonds. The van der Waals surface area contributed by atoms with Crippen LogP contribution in [0, 0.1) is 6.92 Å². The highest BCUT2D eigenvalue weighted by atomic mass is 79.9. The van der Waals surface area contributed by atoms with Crippen LogP contribution in [0.15, 0.2) is 22.8 Å². The monoisotopic (exact) mass is 309 g/mol. The van der Waals surface area contributed by atoms with Crippen LogP contribution in [0.5, 0.6) is 0 Å². The van der Waals surface area contributed by atoms with Gasteiger partial charge in [-0.1, -0.05) is 0 Å². The first-order valence-electron chi connectivity index (χ1n) is 5.47. The summed E-state index contributed by atoms with van der Waals surface area (Å²) in [5.74, 6) is 0.138. The third-order valence-electron chi connectivity index (χ3n) is 2.34. The molecule has 0 fully saturated rings. The number of rotatable bonds is 3. The Morgan fingerprint density at radius 1 is 1.50 bits per heavy atom. The Morgan fingerprint density at radius 2 is 2.28 bits per heavy atom. The standard InChI is InChI=1S/C12H12BrN3O2/c1-3-18-12(17)10-6-14-11(16-10)9-5-4-8(13)7(2)15-9/h4-6H,3H2,1-2H3,(H,14,16). The van der Waals surface area contributed by atoms with Crippen LogP contribution in [0.4, 0.5) is 0 Å². The average Bonchev–Trinajstić information content (AvgIpc) is 2.82. The van der Waals surface area contributed by atoms with Crippen LogP contribution in [-0.4, -0.2) is 27.5 Å². The van der Waals surface area contributed by atoms with Crippen LogP contribution in [0.3, 0.4) is 0 Å². The van der Waals surface area contributed by atoms with Gasteiger partial charge in [0.25, 0.3) is 0 Å². The molecule has 0 unspecified atom stereocenters. The van der Waals surface area contributed by atoms with Gasteiger partial charge in [0.15, 0.2) is 5.82 Å². The number of halogens is 1. The van der Waals surface area contributed by atoms with Crippen molar-refractivity contribution in [3.05, 3.63) is 34.2 Å². The second kappa shape index (κ2) is 5.30. The maximum absolute atomic E-state index is 11.5. The van der Waals surface area contributed by atoms with Gasteiger partial charge in [-0.05, 0) is 41.9 Å². The minimum atomic E-state index is -0.412. The quantitative estimate of drug-likeness (QED) is 0.885. The van der Waals surface area contributed by atoms with E-state index in [1.54, 1.807) is 6.92 Å². The fourth-order valence-corrected chi connectivity index (χ4v) is 1.66. The molecular formula is C12H12BrN3O2. The molecule has 0 saturated heterocycles. The zero-order chi connectivity index (χ0) is 13.1. The third-order valence-corrected chi connectivity index (χ3v) is 3.17. The first-order chi connectivity index (χ1) is 8.61. The predicted molar refractivity (Wildman–Crippen MR) is 70.2 cm³/mol. The van der Waals surface area contributed by atoms with Crippen LogP contribution in [0.2, 0.25) is 0 Å². The van der Waals surface area contributed by atoms with Crippen molar-refractivity contribution in [2.24, 2.45) is 0 Å². The largest absolute Gasteiger partial charge is 0.461 e. The average molecular weight is 310 g/mol. The van der Waals surface area contributed by atoms with E-state index in [9.17, 15) is 4.79 Å². The molecule has 0 aromatic carbocycles. The van der Waals surface area contributed by atoms with E-state index in [0.29, 0.717) is 23.8 Å². The van der Waals surface area contributed by atoms with Crippen molar-refractivity contribution >= 4 is 21.9 Å². The lowest BCUT2D eigenvalue weighted by Crippen LogP contribution is -2.04. The zero-order valence-corrected chi connectivity index (χ0v) is 11.6. The lowest BCUT2D eigenvalue weighted by molar-refractivity contribution is 0.0520. The maximum Gasteiger partial charge on any atom is 0.356 e. The van der Waals surface area contributed by atoms with Crippen molar-refractivity contribution in [3.63, 3.8) is 0 Å². The highest BCUT2D eigenvalue weighted by Gasteiger charge is 2.12. The Bertz CT molecular complexity index is 580. The molecule has 6 heteroatoms. The Balaban J connectivity index is 2.29. The van der Waals surface area contributed by atoms with E-state index in [-0.39, 0.29) is 0 Å². The van der Waals surface area contributed by atoms with Gasteiger partial charge in [-0.2, -0.15) is 0 Å². The van der Waals surface area contributed by atoms with Crippen molar-refractivity contribution in [1.29, 1.82) is 0 Å². The summed E-state index contributed by atoms with van der Waals surface area (Å²) >= 11 is 3.38. The molecule has 0 spiro atoms. The lowest BCUT2D eigenvalue weighted by Gasteiger charge is -2.00. The van der Waals surface area contributed by atoms with Crippen LogP contribution in [0.1, 0.15) is 23.1 Å². The topological polar surface area (TPSA) is 67.9 Å². The zero-order valence-electron chi connectivity index (χ0n) is 10.0. The van der Waals surface area contributed by atoms with Crippen molar-refractivity contribution < 1.29 is 9.53 Å². The number of hydrogen-bond acceptors (Lipinski definition) is 4. The number of ether oxygens (including phenoxy) is 1. The number of H-pyrrole nitrogens is 1. The summed E-state index contributed by atoms with van der Waals surface area (Å²) in [5, 5.41) is 0. The van der Waals surface area contributed by atoms with E-state index in [1.807, 2.05) is 19.1 Å². The molecule has 0 bridgehead atoms. The smallest absolute Gasteiger partial charge is 0.356 e. The van der Waals surface area contributed by atoms with Crippen LogP contribution in [-0.2, 0) is 4.74 Å². The molecule has 2 aromatic rings. The molecule has 2 heterocycles. The number of hydrogen-bond donors (Lipinski definition) is 1. The van der Waals surface area contributed by atoms with Gasteiger partial charge in [0.1, 0.15) is 11.4 Å². The van der Waals surface area contributed by atoms with Crippen LogP contribution >= 0.6 is 15.9 Å². The van der Waals surface area contributed by atoms with Gasteiger partial charge in [-0.15, -0.1) is 0 Å². The van der Waals surface area contributed by atoms with Gasteiger partial charge in [-0.25, -0.2) is 14.8 Å². The number of pyridine rings is 1. The summed E-state index contributed by atoms with van der Waals surface area (Å²) in [4.78, 5) is 22.9. The fourth-order valence-electron chi connectivity index (χ4n) is 1.44. The first kappa shape index (κ1) is 12.8. The van der Waals surface area contributed by atoms with Gasteiger partial charge in [0, 0.05) is 4.47 Å². The molecule has 0 aliphatic rings. The predicted octanol–water partition coefficient (Wildman–Crippen LogP) is 2.72. The molecule has 5 nitrogen and oxygen atoms in total. The van der Waals surface area contributed by atoms with E-state index in [4.69, 9.17) is 4.74 Å². The van der Waals surface area contributed by atoms with Crippen molar-refractivity contribution in [1.82, 2.24) is 15.0 Å². The second-order valence-electron chi connectivity index (χ2n) is 3.63.